The Morgan fingerprint density at radius 2 is 1.61 bits per heavy atom. The number of carbonyl (C=O) groups excluding carboxylic acids is 4. The fraction of sp³-hybridized carbons (Fsp3) is 0.167. The van der Waals surface area contributed by atoms with Gasteiger partial charge in [-0.25, -0.2) is 0 Å². The van der Waals surface area contributed by atoms with E-state index in [1.807, 2.05) is 0 Å². The molecule has 0 N–H and O–H groups in total. The van der Waals surface area contributed by atoms with Crippen molar-refractivity contribution in [2.75, 3.05) is 14.1 Å². The first-order chi connectivity index (χ1) is 8.34. The Kier molecular flexibility index (Phi) is 2.50. The number of likely N-dealkylation sites (N-methyl/N-ethyl adjacent to an activating group) is 2. The number of imide groups is 2. The molecule has 2 aliphatic heterocycles. The molecule has 6 heteroatoms. The molecule has 2 heterocycles. The molecule has 0 aliphatic carbocycles. The van der Waals surface area contributed by atoms with Gasteiger partial charge in [0.1, 0.15) is 0 Å². The van der Waals surface area contributed by atoms with Crippen LogP contribution in [0.15, 0.2) is 35.5 Å². The highest BCUT2D eigenvalue weighted by Crippen LogP contribution is 2.25. The van der Waals surface area contributed by atoms with Gasteiger partial charge in [0.05, 0.1) is 5.57 Å². The van der Waals surface area contributed by atoms with Gasteiger partial charge in [-0.1, -0.05) is 6.58 Å². The number of hydrogen-bond acceptors (Lipinski definition) is 4. The Bertz CT molecular complexity index is 583. The number of amides is 4. The van der Waals surface area contributed by atoms with Crippen LogP contribution in [0, 0.1) is 0 Å². The van der Waals surface area contributed by atoms with Crippen molar-refractivity contribution >= 4 is 23.6 Å². The van der Waals surface area contributed by atoms with Crippen molar-refractivity contribution in [3.8, 4) is 0 Å². The van der Waals surface area contributed by atoms with Gasteiger partial charge in [-0.2, -0.15) is 0 Å². The average Bonchev–Trinajstić information content (AvgIpc) is 2.68. The summed E-state index contributed by atoms with van der Waals surface area (Å²) in [6, 6.07) is 0. The molecule has 0 aromatic heterocycles. The van der Waals surface area contributed by atoms with Crippen molar-refractivity contribution < 1.29 is 19.2 Å². The minimum atomic E-state index is -0.527. The molecule has 92 valence electrons. The van der Waals surface area contributed by atoms with Gasteiger partial charge in [-0.15, -0.1) is 0 Å². The molecule has 0 aromatic carbocycles. The molecule has 0 bridgehead atoms. The van der Waals surface area contributed by atoms with Crippen LogP contribution < -0.4 is 0 Å². The zero-order chi connectivity index (χ0) is 13.6. The first-order valence-corrected chi connectivity index (χ1v) is 5.11. The third-order valence-electron chi connectivity index (χ3n) is 2.88. The van der Waals surface area contributed by atoms with Gasteiger partial charge in [0.2, 0.25) is 0 Å². The van der Waals surface area contributed by atoms with Crippen molar-refractivity contribution in [2.24, 2.45) is 0 Å². The summed E-state index contributed by atoms with van der Waals surface area (Å²) in [5.41, 5.74) is 0.151. The van der Waals surface area contributed by atoms with Crippen LogP contribution in [-0.2, 0) is 19.2 Å². The number of nitrogens with zero attached hydrogens (tertiary/aromatic N) is 2. The zero-order valence-electron chi connectivity index (χ0n) is 9.89. The van der Waals surface area contributed by atoms with Gasteiger partial charge in [0.25, 0.3) is 23.6 Å². The summed E-state index contributed by atoms with van der Waals surface area (Å²) < 4.78 is 0. The summed E-state index contributed by atoms with van der Waals surface area (Å²) in [5, 5.41) is 0. The van der Waals surface area contributed by atoms with Crippen molar-refractivity contribution in [2.45, 2.75) is 0 Å². The lowest BCUT2D eigenvalue weighted by atomic mass is 10.1. The number of likely N-dealkylation sites (tertiary alicyclic amines) is 1. The van der Waals surface area contributed by atoms with E-state index in [0.29, 0.717) is 0 Å². The minimum Gasteiger partial charge on any atom is -0.278 e. The van der Waals surface area contributed by atoms with Crippen LogP contribution in [0.2, 0.25) is 0 Å². The predicted molar refractivity (Wildman–Crippen MR) is 60.9 cm³/mol. The topological polar surface area (TPSA) is 74.8 Å². The number of hydrogen-bond donors (Lipinski definition) is 0. The van der Waals surface area contributed by atoms with E-state index in [1.165, 1.54) is 20.2 Å². The maximum Gasteiger partial charge on any atom is 0.261 e. The van der Waals surface area contributed by atoms with Gasteiger partial charge in [-0.3, -0.25) is 29.0 Å². The highest BCUT2D eigenvalue weighted by molar-refractivity contribution is 6.25. The van der Waals surface area contributed by atoms with E-state index in [-0.39, 0.29) is 16.7 Å². The largest absolute Gasteiger partial charge is 0.278 e. The molecule has 0 unspecified atom stereocenters. The Hall–Kier alpha value is -2.50. The fourth-order valence-electron chi connectivity index (χ4n) is 1.71. The lowest BCUT2D eigenvalue weighted by Crippen LogP contribution is -2.26. The lowest BCUT2D eigenvalue weighted by molar-refractivity contribution is -0.136. The van der Waals surface area contributed by atoms with Crippen LogP contribution in [0.5, 0.6) is 0 Å². The van der Waals surface area contributed by atoms with Gasteiger partial charge < -0.3 is 0 Å². The monoisotopic (exact) mass is 246 g/mol. The molecule has 0 saturated carbocycles. The standard InChI is InChI=1S/C12H10N2O4/c1-6-8(12(18)14(3)10(6)16)4-7-5-9(15)13(2)11(7)17/h4-5H,1H2,2-3H3/b8-4+. The quantitative estimate of drug-likeness (QED) is 0.457. The Labute approximate surface area is 103 Å². The molecule has 4 amide bonds. The molecule has 0 radical (unpaired) electrons. The molecule has 6 nitrogen and oxygen atoms in total. The summed E-state index contributed by atoms with van der Waals surface area (Å²) in [6.45, 7) is 3.51. The number of rotatable bonds is 1. The summed E-state index contributed by atoms with van der Waals surface area (Å²) in [4.78, 5) is 48.0. The van der Waals surface area contributed by atoms with Crippen LogP contribution in [0.25, 0.3) is 0 Å². The van der Waals surface area contributed by atoms with Gasteiger partial charge in [0, 0.05) is 31.3 Å². The van der Waals surface area contributed by atoms with E-state index >= 15 is 0 Å². The Balaban J connectivity index is 2.42. The maximum absolute atomic E-state index is 11.7. The van der Waals surface area contributed by atoms with Crippen molar-refractivity contribution in [1.82, 2.24) is 9.80 Å². The third-order valence-corrected chi connectivity index (χ3v) is 2.88. The highest BCUT2D eigenvalue weighted by Gasteiger charge is 2.36. The van der Waals surface area contributed by atoms with Crippen molar-refractivity contribution in [1.29, 1.82) is 0 Å². The van der Waals surface area contributed by atoms with Gasteiger partial charge in [0.15, 0.2) is 0 Å². The molecule has 1 saturated heterocycles. The first-order valence-electron chi connectivity index (χ1n) is 5.11. The van der Waals surface area contributed by atoms with E-state index in [1.54, 1.807) is 0 Å². The first kappa shape index (κ1) is 12.0. The minimum absolute atomic E-state index is 0.0261. The van der Waals surface area contributed by atoms with Crippen LogP contribution in [-0.4, -0.2) is 47.5 Å². The zero-order valence-corrected chi connectivity index (χ0v) is 9.89. The van der Waals surface area contributed by atoms with Crippen LogP contribution in [0.4, 0.5) is 0 Å². The molecule has 18 heavy (non-hydrogen) atoms. The van der Waals surface area contributed by atoms with Crippen LogP contribution >= 0.6 is 0 Å². The van der Waals surface area contributed by atoms with Crippen LogP contribution in [0.1, 0.15) is 0 Å². The molecule has 2 aliphatic rings. The Morgan fingerprint density at radius 1 is 1.00 bits per heavy atom. The van der Waals surface area contributed by atoms with Crippen molar-refractivity contribution in [3.05, 3.63) is 35.5 Å². The van der Waals surface area contributed by atoms with E-state index in [2.05, 4.69) is 6.58 Å². The molecule has 0 atom stereocenters. The normalized spacial score (nSPS) is 22.7. The van der Waals surface area contributed by atoms with E-state index in [9.17, 15) is 19.2 Å². The summed E-state index contributed by atoms with van der Waals surface area (Å²) in [5.74, 6) is -1.99. The van der Waals surface area contributed by atoms with Crippen molar-refractivity contribution in [3.63, 3.8) is 0 Å². The molecule has 1 fully saturated rings. The second-order valence-electron chi connectivity index (χ2n) is 4.01. The molecular formula is C12H10N2O4. The average molecular weight is 246 g/mol. The second-order valence-corrected chi connectivity index (χ2v) is 4.01. The second kappa shape index (κ2) is 3.76. The molecule has 2 rings (SSSR count). The Morgan fingerprint density at radius 3 is 2.00 bits per heavy atom. The van der Waals surface area contributed by atoms with Gasteiger partial charge in [-0.05, 0) is 6.08 Å². The number of carbonyl (C=O) groups is 4. The fourth-order valence-corrected chi connectivity index (χ4v) is 1.71. The van der Waals surface area contributed by atoms with E-state index in [0.717, 1.165) is 15.9 Å². The lowest BCUT2D eigenvalue weighted by Gasteiger charge is -2.05. The van der Waals surface area contributed by atoms with E-state index in [4.69, 9.17) is 0 Å². The molecular weight excluding hydrogens is 236 g/mol. The van der Waals surface area contributed by atoms with E-state index < -0.39 is 23.6 Å². The molecule has 0 spiro atoms. The SMILES string of the molecule is C=C1C(=O)N(C)C(=O)/C1=C/C1=CC(=O)N(C)C1=O. The smallest absolute Gasteiger partial charge is 0.261 e. The summed E-state index contributed by atoms with van der Waals surface area (Å²) in [7, 11) is 2.67. The van der Waals surface area contributed by atoms with Crippen LogP contribution in [0.3, 0.4) is 0 Å². The third kappa shape index (κ3) is 1.50. The van der Waals surface area contributed by atoms with Gasteiger partial charge >= 0.3 is 0 Å². The maximum atomic E-state index is 11.7. The summed E-state index contributed by atoms with van der Waals surface area (Å²) >= 11 is 0. The molecule has 0 aromatic rings. The summed E-state index contributed by atoms with van der Waals surface area (Å²) in [6.07, 6.45) is 2.36. The predicted octanol–water partition coefficient (Wildman–Crippen LogP) is -0.607. The highest BCUT2D eigenvalue weighted by atomic mass is 16.2.